The molecule has 162 valence electrons. The topological polar surface area (TPSA) is 44.8 Å². The first-order chi connectivity index (χ1) is 14.2. The summed E-state index contributed by atoms with van der Waals surface area (Å²) in [5.74, 6) is 1.03. The number of ether oxygens (including phenoxy) is 1. The van der Waals surface area contributed by atoms with Gasteiger partial charge in [0.25, 0.3) is 0 Å². The highest BCUT2D eigenvalue weighted by Crippen LogP contribution is 2.35. The average molecular weight is 450 g/mol. The lowest BCUT2D eigenvalue weighted by Crippen LogP contribution is -2.46. The number of carbonyl (C=O) groups excluding carboxylic acids is 1. The van der Waals surface area contributed by atoms with Crippen LogP contribution in [0.3, 0.4) is 0 Å². The second kappa shape index (κ2) is 10.4. The molecule has 2 heterocycles. The van der Waals surface area contributed by atoms with Crippen LogP contribution in [-0.4, -0.2) is 50.6 Å². The van der Waals surface area contributed by atoms with E-state index >= 15 is 0 Å². The predicted octanol–water partition coefficient (Wildman–Crippen LogP) is 4.80. The van der Waals surface area contributed by atoms with Gasteiger partial charge in [0.15, 0.2) is 0 Å². The number of nitrogens with zero attached hydrogens (tertiary/aromatic N) is 2. The molecule has 1 unspecified atom stereocenters. The third kappa shape index (κ3) is 5.02. The van der Waals surface area contributed by atoms with Gasteiger partial charge in [0, 0.05) is 36.9 Å². The third-order valence-electron chi connectivity index (χ3n) is 5.98. The zero-order valence-electron chi connectivity index (χ0n) is 17.3. The van der Waals surface area contributed by atoms with E-state index in [0.717, 1.165) is 79.7 Å². The number of amides is 1. The van der Waals surface area contributed by atoms with E-state index in [9.17, 15) is 4.79 Å². The fourth-order valence-corrected chi connectivity index (χ4v) is 4.54. The summed E-state index contributed by atoms with van der Waals surface area (Å²) in [6.45, 7) is 5.07. The first-order valence-electron chi connectivity index (χ1n) is 10.4. The molecule has 0 spiro atoms. The molecule has 0 saturated carbocycles. The number of nitrogens with one attached hydrogen (secondary N) is 1. The quantitative estimate of drug-likeness (QED) is 0.616. The maximum atomic E-state index is 12.2. The van der Waals surface area contributed by atoms with Gasteiger partial charge < -0.3 is 15.0 Å². The van der Waals surface area contributed by atoms with Gasteiger partial charge >= 0.3 is 0 Å². The number of hydrogen-bond donors (Lipinski definition) is 1. The fraction of sp³-hybridized carbons (Fsp3) is 0.435. The van der Waals surface area contributed by atoms with Crippen LogP contribution in [0.2, 0.25) is 5.02 Å². The highest BCUT2D eigenvalue weighted by Gasteiger charge is 2.29. The molecule has 0 bridgehead atoms. The molecule has 1 amide bonds. The second-order valence-electron chi connectivity index (χ2n) is 7.77. The molecule has 2 aliphatic heterocycles. The Morgan fingerprint density at radius 2 is 1.87 bits per heavy atom. The Balaban J connectivity index is 0.00000256. The summed E-state index contributed by atoms with van der Waals surface area (Å²) >= 11 is 6.18. The van der Waals surface area contributed by atoms with Crippen LogP contribution >= 0.6 is 24.0 Å². The Labute approximate surface area is 189 Å². The number of fused-ring (bicyclic) bond motifs is 1. The van der Waals surface area contributed by atoms with E-state index in [4.69, 9.17) is 16.3 Å². The number of carbonyl (C=O) groups is 1. The number of methoxy groups -OCH3 is 1. The number of unbranched alkanes of at least 4 members (excludes halogenated alkanes) is 1. The summed E-state index contributed by atoms with van der Waals surface area (Å²) < 4.78 is 5.50. The van der Waals surface area contributed by atoms with Crippen molar-refractivity contribution in [1.82, 2.24) is 4.90 Å². The second-order valence-corrected chi connectivity index (χ2v) is 8.21. The Morgan fingerprint density at radius 1 is 1.10 bits per heavy atom. The van der Waals surface area contributed by atoms with Crippen LogP contribution in [0.25, 0.3) is 0 Å². The fourth-order valence-electron chi connectivity index (χ4n) is 4.37. The molecule has 7 heteroatoms. The Bertz CT molecular complexity index is 869. The van der Waals surface area contributed by atoms with Crippen LogP contribution in [0, 0.1) is 0 Å². The van der Waals surface area contributed by atoms with Gasteiger partial charge in [0.1, 0.15) is 5.75 Å². The standard InChI is InChI=1S/C23H28ClN3O2.ClH/c1-29-22-10-9-17(24)16-21(22)27-14-12-26(13-15-27)11-5-4-7-19-18-6-2-3-8-20(18)25-23(19)28;/h2-3,6,8-10,16,19H,4-5,7,11-15H2,1H3,(H,25,28);1H. The number of anilines is 2. The number of halogens is 2. The molecule has 0 radical (unpaired) electrons. The first kappa shape index (κ1) is 22.7. The van der Waals surface area contributed by atoms with Gasteiger partial charge in [-0.2, -0.15) is 0 Å². The van der Waals surface area contributed by atoms with Crippen LogP contribution in [0.1, 0.15) is 30.7 Å². The van der Waals surface area contributed by atoms with Crippen molar-refractivity contribution in [3.8, 4) is 5.75 Å². The minimum Gasteiger partial charge on any atom is -0.495 e. The first-order valence-corrected chi connectivity index (χ1v) is 10.7. The van der Waals surface area contributed by atoms with Crippen molar-refractivity contribution in [1.29, 1.82) is 0 Å². The van der Waals surface area contributed by atoms with Gasteiger partial charge in [0.05, 0.1) is 18.7 Å². The van der Waals surface area contributed by atoms with E-state index in [1.807, 2.05) is 36.4 Å². The molecule has 0 aliphatic carbocycles. The lowest BCUT2D eigenvalue weighted by atomic mass is 9.95. The number of piperazine rings is 1. The van der Waals surface area contributed by atoms with Crippen molar-refractivity contribution < 1.29 is 9.53 Å². The van der Waals surface area contributed by atoms with Crippen molar-refractivity contribution in [2.75, 3.05) is 50.1 Å². The highest BCUT2D eigenvalue weighted by atomic mass is 35.5. The zero-order valence-corrected chi connectivity index (χ0v) is 18.8. The summed E-state index contributed by atoms with van der Waals surface area (Å²) in [5.41, 5.74) is 3.21. The minimum absolute atomic E-state index is 0. The molecular formula is C23H29Cl2N3O2. The van der Waals surface area contributed by atoms with Crippen molar-refractivity contribution in [3.05, 3.63) is 53.1 Å². The summed E-state index contributed by atoms with van der Waals surface area (Å²) in [5, 5.41) is 3.73. The van der Waals surface area contributed by atoms with Gasteiger partial charge in [-0.05, 0) is 49.2 Å². The maximum Gasteiger partial charge on any atom is 0.232 e. The number of para-hydroxylation sites is 1. The monoisotopic (exact) mass is 449 g/mol. The molecule has 5 nitrogen and oxygen atoms in total. The lowest BCUT2D eigenvalue weighted by Gasteiger charge is -2.36. The summed E-state index contributed by atoms with van der Waals surface area (Å²) in [6.07, 6.45) is 3.10. The molecule has 1 atom stereocenters. The molecular weight excluding hydrogens is 421 g/mol. The average Bonchev–Trinajstić information content (AvgIpc) is 3.06. The van der Waals surface area contributed by atoms with E-state index in [-0.39, 0.29) is 24.2 Å². The summed E-state index contributed by atoms with van der Waals surface area (Å²) in [6, 6.07) is 13.8. The smallest absolute Gasteiger partial charge is 0.232 e. The van der Waals surface area contributed by atoms with Crippen molar-refractivity contribution in [3.63, 3.8) is 0 Å². The van der Waals surface area contributed by atoms with Crippen LogP contribution in [0.5, 0.6) is 5.75 Å². The Hall–Kier alpha value is -1.95. The van der Waals surface area contributed by atoms with Crippen molar-refractivity contribution in [2.45, 2.75) is 25.2 Å². The normalized spacial score (nSPS) is 18.5. The van der Waals surface area contributed by atoms with Gasteiger partial charge in [-0.15, -0.1) is 12.4 Å². The van der Waals surface area contributed by atoms with Crippen molar-refractivity contribution in [2.24, 2.45) is 0 Å². The van der Waals surface area contributed by atoms with E-state index in [0.29, 0.717) is 0 Å². The predicted molar refractivity (Wildman–Crippen MR) is 126 cm³/mol. The molecule has 1 N–H and O–H groups in total. The largest absolute Gasteiger partial charge is 0.495 e. The van der Waals surface area contributed by atoms with Gasteiger partial charge in [0.2, 0.25) is 5.91 Å². The SMILES string of the molecule is COc1ccc(Cl)cc1N1CCN(CCCCC2C(=O)Nc3ccccc32)CC1.Cl. The van der Waals surface area contributed by atoms with Crippen molar-refractivity contribution >= 4 is 41.3 Å². The van der Waals surface area contributed by atoms with Crippen LogP contribution in [0.15, 0.2) is 42.5 Å². The van der Waals surface area contributed by atoms with E-state index in [1.54, 1.807) is 7.11 Å². The van der Waals surface area contributed by atoms with Gasteiger partial charge in [-0.3, -0.25) is 9.69 Å². The Kier molecular flexibility index (Phi) is 7.87. The molecule has 2 aromatic rings. The molecule has 2 aromatic carbocycles. The molecule has 4 rings (SSSR count). The Morgan fingerprint density at radius 3 is 2.63 bits per heavy atom. The molecule has 30 heavy (non-hydrogen) atoms. The molecule has 2 aliphatic rings. The number of hydrogen-bond acceptors (Lipinski definition) is 4. The number of benzene rings is 2. The summed E-state index contributed by atoms with van der Waals surface area (Å²) in [7, 11) is 1.70. The van der Waals surface area contributed by atoms with Gasteiger partial charge in [-0.25, -0.2) is 0 Å². The van der Waals surface area contributed by atoms with Crippen LogP contribution in [-0.2, 0) is 4.79 Å². The maximum absolute atomic E-state index is 12.2. The number of rotatable bonds is 7. The third-order valence-corrected chi connectivity index (χ3v) is 6.22. The molecule has 0 aromatic heterocycles. The minimum atomic E-state index is 0. The molecule has 1 saturated heterocycles. The highest BCUT2D eigenvalue weighted by molar-refractivity contribution is 6.30. The lowest BCUT2D eigenvalue weighted by molar-refractivity contribution is -0.117. The zero-order chi connectivity index (χ0) is 20.2. The van der Waals surface area contributed by atoms with E-state index in [2.05, 4.69) is 21.2 Å². The van der Waals surface area contributed by atoms with Crippen LogP contribution in [0.4, 0.5) is 11.4 Å². The van der Waals surface area contributed by atoms with E-state index < -0.39 is 0 Å². The van der Waals surface area contributed by atoms with Gasteiger partial charge in [-0.1, -0.05) is 36.2 Å². The summed E-state index contributed by atoms with van der Waals surface area (Å²) in [4.78, 5) is 17.1. The van der Waals surface area contributed by atoms with E-state index in [1.165, 1.54) is 0 Å². The van der Waals surface area contributed by atoms with Crippen LogP contribution < -0.4 is 15.0 Å². The molecule has 1 fully saturated rings.